The summed E-state index contributed by atoms with van der Waals surface area (Å²) in [6, 6.07) is 5.32. The van der Waals surface area contributed by atoms with Crippen LogP contribution in [0.2, 0.25) is 0 Å². The molecule has 3 rings (SSSR count). The lowest BCUT2D eigenvalue weighted by atomic mass is 10.2. The van der Waals surface area contributed by atoms with Crippen molar-refractivity contribution in [3.63, 3.8) is 0 Å². The molecule has 0 saturated carbocycles. The number of aromatic carboxylic acids is 1. The SMILES string of the molecule is O=C(O)c1cc2c(cc1O)Sc1cc(C(F)(F)F)ccc1O2. The molecule has 8 heteroatoms. The molecule has 0 amide bonds. The van der Waals surface area contributed by atoms with Gasteiger partial charge in [-0.2, -0.15) is 13.2 Å². The van der Waals surface area contributed by atoms with E-state index in [2.05, 4.69) is 0 Å². The number of hydrogen-bond donors (Lipinski definition) is 2. The van der Waals surface area contributed by atoms with Gasteiger partial charge in [0, 0.05) is 6.07 Å². The van der Waals surface area contributed by atoms with Crippen LogP contribution in [-0.4, -0.2) is 16.2 Å². The lowest BCUT2D eigenvalue weighted by Crippen LogP contribution is -2.06. The van der Waals surface area contributed by atoms with Crippen LogP contribution < -0.4 is 4.74 Å². The molecular formula is C14H7F3O4S. The van der Waals surface area contributed by atoms with E-state index in [1.54, 1.807) is 0 Å². The summed E-state index contributed by atoms with van der Waals surface area (Å²) < 4.78 is 43.5. The maximum absolute atomic E-state index is 12.7. The van der Waals surface area contributed by atoms with Gasteiger partial charge in [-0.1, -0.05) is 11.8 Å². The van der Waals surface area contributed by atoms with Crippen molar-refractivity contribution in [2.75, 3.05) is 0 Å². The Morgan fingerprint density at radius 3 is 2.41 bits per heavy atom. The molecule has 0 bridgehead atoms. The van der Waals surface area contributed by atoms with E-state index in [9.17, 15) is 23.1 Å². The van der Waals surface area contributed by atoms with Gasteiger partial charge in [-0.25, -0.2) is 4.79 Å². The Balaban J connectivity index is 2.04. The number of aromatic hydroxyl groups is 1. The smallest absolute Gasteiger partial charge is 0.416 e. The number of alkyl halides is 3. The van der Waals surface area contributed by atoms with Crippen LogP contribution in [0, 0.1) is 0 Å². The van der Waals surface area contributed by atoms with E-state index in [-0.39, 0.29) is 22.0 Å². The molecule has 0 aromatic heterocycles. The summed E-state index contributed by atoms with van der Waals surface area (Å²) >= 11 is 0.969. The summed E-state index contributed by atoms with van der Waals surface area (Å²) in [5.41, 5.74) is -1.15. The normalized spacial score (nSPS) is 13.0. The van der Waals surface area contributed by atoms with Crippen LogP contribution in [0.15, 0.2) is 40.1 Å². The van der Waals surface area contributed by atoms with Crippen molar-refractivity contribution < 1.29 is 32.9 Å². The highest BCUT2D eigenvalue weighted by atomic mass is 32.2. The predicted octanol–water partition coefficient (Wildman–Crippen LogP) is 4.37. The number of benzene rings is 2. The van der Waals surface area contributed by atoms with Gasteiger partial charge in [-0.15, -0.1) is 0 Å². The Morgan fingerprint density at radius 2 is 1.77 bits per heavy atom. The van der Waals surface area contributed by atoms with E-state index in [4.69, 9.17) is 9.84 Å². The Hall–Kier alpha value is -2.35. The third kappa shape index (κ3) is 2.45. The maximum Gasteiger partial charge on any atom is 0.416 e. The minimum absolute atomic E-state index is 0.174. The molecule has 0 radical (unpaired) electrons. The Labute approximate surface area is 126 Å². The minimum atomic E-state index is -4.47. The summed E-state index contributed by atoms with van der Waals surface area (Å²) in [6.45, 7) is 0. The van der Waals surface area contributed by atoms with Gasteiger partial charge in [0.2, 0.25) is 0 Å². The van der Waals surface area contributed by atoms with Crippen molar-refractivity contribution >= 4 is 17.7 Å². The third-order valence-electron chi connectivity index (χ3n) is 3.00. The van der Waals surface area contributed by atoms with E-state index in [0.29, 0.717) is 4.90 Å². The van der Waals surface area contributed by atoms with Gasteiger partial charge in [-0.3, -0.25) is 0 Å². The van der Waals surface area contributed by atoms with Crippen molar-refractivity contribution in [3.8, 4) is 17.2 Å². The molecule has 22 heavy (non-hydrogen) atoms. The van der Waals surface area contributed by atoms with Crippen LogP contribution in [-0.2, 0) is 6.18 Å². The Morgan fingerprint density at radius 1 is 1.09 bits per heavy atom. The molecule has 0 unspecified atom stereocenters. The molecule has 0 fully saturated rings. The predicted molar refractivity (Wildman–Crippen MR) is 70.7 cm³/mol. The summed E-state index contributed by atoms with van der Waals surface area (Å²) in [4.78, 5) is 11.5. The maximum atomic E-state index is 12.7. The van der Waals surface area contributed by atoms with Crippen molar-refractivity contribution in [3.05, 3.63) is 41.5 Å². The van der Waals surface area contributed by atoms with Gasteiger partial charge in [-0.05, 0) is 24.3 Å². The zero-order valence-corrected chi connectivity index (χ0v) is 11.5. The van der Waals surface area contributed by atoms with Crippen LogP contribution >= 0.6 is 11.8 Å². The number of rotatable bonds is 1. The van der Waals surface area contributed by atoms with Crippen LogP contribution in [0.3, 0.4) is 0 Å². The molecule has 1 aliphatic heterocycles. The number of halogens is 3. The zero-order valence-electron chi connectivity index (χ0n) is 10.6. The van der Waals surface area contributed by atoms with Crippen LogP contribution in [0.5, 0.6) is 17.2 Å². The molecular weight excluding hydrogens is 321 g/mol. The van der Waals surface area contributed by atoms with Crippen molar-refractivity contribution in [2.24, 2.45) is 0 Å². The van der Waals surface area contributed by atoms with E-state index in [1.807, 2.05) is 0 Å². The van der Waals surface area contributed by atoms with E-state index in [1.165, 1.54) is 6.07 Å². The molecule has 1 aliphatic rings. The molecule has 4 nitrogen and oxygen atoms in total. The minimum Gasteiger partial charge on any atom is -0.507 e. The van der Waals surface area contributed by atoms with Crippen molar-refractivity contribution in [1.29, 1.82) is 0 Å². The Kier molecular flexibility index (Phi) is 3.21. The van der Waals surface area contributed by atoms with Gasteiger partial charge in [0.05, 0.1) is 15.4 Å². The number of carbonyl (C=O) groups is 1. The number of ether oxygens (including phenoxy) is 1. The lowest BCUT2D eigenvalue weighted by Gasteiger charge is -2.21. The number of fused-ring (bicyclic) bond motifs is 2. The lowest BCUT2D eigenvalue weighted by molar-refractivity contribution is -0.137. The first-order valence-corrected chi connectivity index (χ1v) is 6.74. The molecule has 0 aliphatic carbocycles. The number of hydrogen-bond acceptors (Lipinski definition) is 4. The van der Waals surface area contributed by atoms with E-state index in [0.717, 1.165) is 36.0 Å². The van der Waals surface area contributed by atoms with Crippen molar-refractivity contribution in [1.82, 2.24) is 0 Å². The van der Waals surface area contributed by atoms with Gasteiger partial charge in [0.1, 0.15) is 22.8 Å². The fourth-order valence-corrected chi connectivity index (χ4v) is 2.97. The molecule has 114 valence electrons. The first kappa shape index (κ1) is 14.6. The molecule has 0 atom stereocenters. The highest BCUT2D eigenvalue weighted by Crippen LogP contribution is 2.50. The Bertz CT molecular complexity index is 786. The molecule has 2 aromatic rings. The van der Waals surface area contributed by atoms with E-state index < -0.39 is 23.5 Å². The molecule has 0 saturated heterocycles. The summed E-state index contributed by atoms with van der Waals surface area (Å²) in [5, 5.41) is 18.6. The summed E-state index contributed by atoms with van der Waals surface area (Å²) in [6.07, 6.45) is -4.47. The summed E-state index contributed by atoms with van der Waals surface area (Å²) in [7, 11) is 0. The monoisotopic (exact) mass is 328 g/mol. The third-order valence-corrected chi connectivity index (χ3v) is 4.08. The largest absolute Gasteiger partial charge is 0.507 e. The summed E-state index contributed by atoms with van der Waals surface area (Å²) in [5.74, 6) is -1.43. The van der Waals surface area contributed by atoms with Crippen LogP contribution in [0.25, 0.3) is 0 Å². The topological polar surface area (TPSA) is 66.8 Å². The van der Waals surface area contributed by atoms with Gasteiger partial charge < -0.3 is 14.9 Å². The van der Waals surface area contributed by atoms with E-state index >= 15 is 0 Å². The van der Waals surface area contributed by atoms with Gasteiger partial charge in [0.15, 0.2) is 0 Å². The standard InChI is InChI=1S/C14H7F3O4S/c15-14(16,17)6-1-2-9-11(3-6)22-12-5-8(18)7(13(19)20)4-10(12)21-9/h1-5,18H,(H,19,20). The molecule has 2 aromatic carbocycles. The fraction of sp³-hybridized carbons (Fsp3) is 0.0714. The number of phenols is 1. The first-order chi connectivity index (χ1) is 10.3. The zero-order chi connectivity index (χ0) is 16.1. The number of carboxylic acid groups (broad SMARTS) is 1. The molecule has 2 N–H and O–H groups in total. The highest BCUT2D eigenvalue weighted by Gasteiger charge is 2.32. The van der Waals surface area contributed by atoms with Gasteiger partial charge in [0.25, 0.3) is 0 Å². The van der Waals surface area contributed by atoms with Gasteiger partial charge >= 0.3 is 12.1 Å². The first-order valence-electron chi connectivity index (χ1n) is 5.93. The average molecular weight is 328 g/mol. The second-order valence-corrected chi connectivity index (χ2v) is 5.57. The fourth-order valence-electron chi connectivity index (χ4n) is 1.97. The average Bonchev–Trinajstić information content (AvgIpc) is 2.42. The second-order valence-electron chi connectivity index (χ2n) is 4.48. The molecule has 1 heterocycles. The molecule has 0 spiro atoms. The highest BCUT2D eigenvalue weighted by molar-refractivity contribution is 7.99. The van der Waals surface area contributed by atoms with Crippen molar-refractivity contribution in [2.45, 2.75) is 16.0 Å². The second kappa shape index (κ2) is 4.84. The van der Waals surface area contributed by atoms with Crippen LogP contribution in [0.1, 0.15) is 15.9 Å². The quantitative estimate of drug-likeness (QED) is 0.694. The number of carboxylic acids is 1. The van der Waals surface area contributed by atoms with Crippen LogP contribution in [0.4, 0.5) is 13.2 Å².